The molecule has 2 unspecified atom stereocenters. The second-order valence-corrected chi connectivity index (χ2v) is 3.88. The van der Waals surface area contributed by atoms with E-state index in [1.165, 1.54) is 12.8 Å². The number of hydrogen-bond donors (Lipinski definition) is 2. The first-order chi connectivity index (χ1) is 6.24. The van der Waals surface area contributed by atoms with Gasteiger partial charge in [0.25, 0.3) is 0 Å². The van der Waals surface area contributed by atoms with E-state index in [4.69, 9.17) is 5.11 Å². The minimum Gasteiger partial charge on any atom is -0.480 e. The molecule has 0 saturated carbocycles. The molecular formula is C10H19NO2. The Balaban J connectivity index is 2.44. The molecule has 3 heteroatoms. The predicted octanol–water partition coefficient (Wildman–Crippen LogP) is 1.63. The summed E-state index contributed by atoms with van der Waals surface area (Å²) in [5.74, 6) is -0.0795. The van der Waals surface area contributed by atoms with Crippen molar-refractivity contribution >= 4 is 5.97 Å². The summed E-state index contributed by atoms with van der Waals surface area (Å²) in [7, 11) is 0. The third-order valence-corrected chi connectivity index (χ3v) is 2.74. The Kier molecular flexibility index (Phi) is 4.22. The second-order valence-electron chi connectivity index (χ2n) is 3.88. The second kappa shape index (κ2) is 5.22. The fourth-order valence-corrected chi connectivity index (χ4v) is 2.06. The Morgan fingerprint density at radius 2 is 2.38 bits per heavy atom. The van der Waals surface area contributed by atoms with Crippen molar-refractivity contribution < 1.29 is 9.90 Å². The SMILES string of the molecule is CCCC1CCCNC(C(=O)O)C1. The maximum Gasteiger partial charge on any atom is 0.320 e. The quantitative estimate of drug-likeness (QED) is 0.702. The van der Waals surface area contributed by atoms with Gasteiger partial charge in [-0.15, -0.1) is 0 Å². The third-order valence-electron chi connectivity index (χ3n) is 2.74. The van der Waals surface area contributed by atoms with E-state index in [2.05, 4.69) is 12.2 Å². The van der Waals surface area contributed by atoms with Crippen LogP contribution in [-0.2, 0) is 4.79 Å². The smallest absolute Gasteiger partial charge is 0.320 e. The molecule has 0 aromatic heterocycles. The Morgan fingerprint density at radius 1 is 1.62 bits per heavy atom. The Morgan fingerprint density at radius 3 is 3.00 bits per heavy atom. The number of aliphatic carboxylic acids is 1. The van der Waals surface area contributed by atoms with Gasteiger partial charge in [0.1, 0.15) is 6.04 Å². The maximum absolute atomic E-state index is 10.8. The summed E-state index contributed by atoms with van der Waals surface area (Å²) in [4.78, 5) is 10.8. The van der Waals surface area contributed by atoms with Crippen molar-refractivity contribution in [3.05, 3.63) is 0 Å². The standard InChI is InChI=1S/C10H19NO2/c1-2-4-8-5-3-6-11-9(7-8)10(12)13/h8-9,11H,2-7H2,1H3,(H,12,13). The van der Waals surface area contributed by atoms with E-state index in [1.54, 1.807) is 0 Å². The van der Waals surface area contributed by atoms with Crippen LogP contribution in [0.4, 0.5) is 0 Å². The average molecular weight is 185 g/mol. The van der Waals surface area contributed by atoms with E-state index in [9.17, 15) is 4.79 Å². The molecule has 1 fully saturated rings. The van der Waals surface area contributed by atoms with Crippen molar-refractivity contribution in [2.24, 2.45) is 5.92 Å². The summed E-state index contributed by atoms with van der Waals surface area (Å²) in [6, 6.07) is -0.306. The minimum absolute atomic E-state index is 0.306. The zero-order valence-corrected chi connectivity index (χ0v) is 8.25. The Hall–Kier alpha value is -0.570. The molecule has 76 valence electrons. The molecule has 3 nitrogen and oxygen atoms in total. The molecule has 0 spiro atoms. The number of carboxylic acids is 1. The van der Waals surface area contributed by atoms with Gasteiger partial charge in [-0.1, -0.05) is 19.8 Å². The lowest BCUT2D eigenvalue weighted by Crippen LogP contribution is -2.36. The van der Waals surface area contributed by atoms with Crippen LogP contribution in [0.15, 0.2) is 0 Å². The lowest BCUT2D eigenvalue weighted by Gasteiger charge is -2.16. The molecule has 0 aromatic carbocycles. The van der Waals surface area contributed by atoms with Crippen LogP contribution >= 0.6 is 0 Å². The molecule has 1 aliphatic rings. The van der Waals surface area contributed by atoms with Gasteiger partial charge in [0.2, 0.25) is 0 Å². The topological polar surface area (TPSA) is 49.3 Å². The van der Waals surface area contributed by atoms with Gasteiger partial charge in [-0.05, 0) is 31.7 Å². The number of rotatable bonds is 3. The van der Waals surface area contributed by atoms with Crippen molar-refractivity contribution in [3.8, 4) is 0 Å². The van der Waals surface area contributed by atoms with Crippen LogP contribution in [-0.4, -0.2) is 23.7 Å². The van der Waals surface area contributed by atoms with Crippen molar-refractivity contribution in [3.63, 3.8) is 0 Å². The molecule has 0 amide bonds. The van der Waals surface area contributed by atoms with Crippen molar-refractivity contribution in [1.82, 2.24) is 5.32 Å². The van der Waals surface area contributed by atoms with Gasteiger partial charge in [0.15, 0.2) is 0 Å². The van der Waals surface area contributed by atoms with Gasteiger partial charge in [-0.25, -0.2) is 0 Å². The van der Waals surface area contributed by atoms with E-state index >= 15 is 0 Å². The summed E-state index contributed by atoms with van der Waals surface area (Å²) in [5, 5.41) is 12.0. The van der Waals surface area contributed by atoms with E-state index in [0.29, 0.717) is 5.92 Å². The maximum atomic E-state index is 10.8. The molecule has 1 rings (SSSR count). The average Bonchev–Trinajstić information content (AvgIpc) is 2.30. The van der Waals surface area contributed by atoms with E-state index in [-0.39, 0.29) is 6.04 Å². The first kappa shape index (κ1) is 10.5. The van der Waals surface area contributed by atoms with Crippen LogP contribution in [0.25, 0.3) is 0 Å². The van der Waals surface area contributed by atoms with Gasteiger partial charge in [0.05, 0.1) is 0 Å². The van der Waals surface area contributed by atoms with Crippen molar-refractivity contribution in [2.45, 2.75) is 45.1 Å². The largest absolute Gasteiger partial charge is 0.480 e. The highest BCUT2D eigenvalue weighted by Crippen LogP contribution is 2.21. The predicted molar refractivity (Wildman–Crippen MR) is 51.7 cm³/mol. The van der Waals surface area contributed by atoms with Gasteiger partial charge in [-0.2, -0.15) is 0 Å². The highest BCUT2D eigenvalue weighted by atomic mass is 16.4. The molecule has 0 aromatic rings. The zero-order valence-electron chi connectivity index (χ0n) is 8.25. The fraction of sp³-hybridized carbons (Fsp3) is 0.900. The lowest BCUT2D eigenvalue weighted by molar-refractivity contribution is -0.139. The number of carboxylic acid groups (broad SMARTS) is 1. The first-order valence-corrected chi connectivity index (χ1v) is 5.20. The number of carbonyl (C=O) groups is 1. The monoisotopic (exact) mass is 185 g/mol. The minimum atomic E-state index is -0.692. The van der Waals surface area contributed by atoms with E-state index < -0.39 is 5.97 Å². The molecule has 13 heavy (non-hydrogen) atoms. The van der Waals surface area contributed by atoms with Crippen molar-refractivity contribution in [2.75, 3.05) is 6.54 Å². The van der Waals surface area contributed by atoms with Crippen LogP contribution in [0.1, 0.15) is 39.0 Å². The normalized spacial score (nSPS) is 29.6. The molecule has 0 radical (unpaired) electrons. The van der Waals surface area contributed by atoms with Crippen molar-refractivity contribution in [1.29, 1.82) is 0 Å². The summed E-state index contributed by atoms with van der Waals surface area (Å²) in [5.41, 5.74) is 0. The number of hydrogen-bond acceptors (Lipinski definition) is 2. The third kappa shape index (κ3) is 3.35. The van der Waals surface area contributed by atoms with Gasteiger partial charge >= 0.3 is 5.97 Å². The van der Waals surface area contributed by atoms with Crippen LogP contribution in [0.3, 0.4) is 0 Å². The summed E-state index contributed by atoms with van der Waals surface area (Å²) in [6.45, 7) is 3.02. The van der Waals surface area contributed by atoms with Crippen LogP contribution in [0, 0.1) is 5.92 Å². The lowest BCUT2D eigenvalue weighted by atomic mass is 9.93. The molecule has 1 heterocycles. The molecule has 1 aliphatic heterocycles. The van der Waals surface area contributed by atoms with Gasteiger partial charge < -0.3 is 10.4 Å². The highest BCUT2D eigenvalue weighted by Gasteiger charge is 2.23. The summed E-state index contributed by atoms with van der Waals surface area (Å²) >= 11 is 0. The van der Waals surface area contributed by atoms with E-state index in [1.807, 2.05) is 0 Å². The fourth-order valence-electron chi connectivity index (χ4n) is 2.06. The molecular weight excluding hydrogens is 166 g/mol. The first-order valence-electron chi connectivity index (χ1n) is 5.20. The van der Waals surface area contributed by atoms with E-state index in [0.717, 1.165) is 25.8 Å². The Labute approximate surface area is 79.5 Å². The zero-order chi connectivity index (χ0) is 9.68. The molecule has 0 bridgehead atoms. The summed E-state index contributed by atoms with van der Waals surface area (Å²) < 4.78 is 0. The van der Waals surface area contributed by atoms with Gasteiger partial charge in [-0.3, -0.25) is 4.79 Å². The van der Waals surface area contributed by atoms with Crippen LogP contribution < -0.4 is 5.32 Å². The molecule has 2 N–H and O–H groups in total. The molecule has 2 atom stereocenters. The summed E-state index contributed by atoms with van der Waals surface area (Å²) in [6.07, 6.45) is 5.45. The molecule has 1 saturated heterocycles. The highest BCUT2D eigenvalue weighted by molar-refractivity contribution is 5.73. The Bertz CT molecular complexity index is 170. The van der Waals surface area contributed by atoms with Crippen LogP contribution in [0.5, 0.6) is 0 Å². The molecule has 0 aliphatic carbocycles. The van der Waals surface area contributed by atoms with Crippen LogP contribution in [0.2, 0.25) is 0 Å². The van der Waals surface area contributed by atoms with Gasteiger partial charge in [0, 0.05) is 0 Å². The number of nitrogens with one attached hydrogen (secondary N) is 1.